The first-order valence-corrected chi connectivity index (χ1v) is 11.2. The van der Waals surface area contributed by atoms with Crippen LogP contribution >= 0.6 is 0 Å². The zero-order valence-electron chi connectivity index (χ0n) is 18.1. The van der Waals surface area contributed by atoms with Crippen LogP contribution in [0, 0.1) is 0 Å². The van der Waals surface area contributed by atoms with E-state index in [1.54, 1.807) is 4.90 Å². The summed E-state index contributed by atoms with van der Waals surface area (Å²) in [6.07, 6.45) is 10.3. The van der Waals surface area contributed by atoms with Gasteiger partial charge in [-0.3, -0.25) is 0 Å². The Morgan fingerprint density at radius 2 is 2.03 bits per heavy atom. The molecule has 2 atom stereocenters. The molecule has 1 fully saturated rings. The van der Waals surface area contributed by atoms with Gasteiger partial charge in [-0.25, -0.2) is 4.79 Å². The number of amides is 2. The number of hydrogen-bond donors (Lipinski definition) is 3. The lowest BCUT2D eigenvalue weighted by molar-refractivity contribution is 0.164. The van der Waals surface area contributed by atoms with Crippen LogP contribution in [0.15, 0.2) is 17.7 Å². The normalized spacial score (nSPS) is 20.0. The van der Waals surface area contributed by atoms with Crippen LogP contribution in [0.3, 0.4) is 0 Å². The molecule has 0 spiro atoms. The van der Waals surface area contributed by atoms with E-state index in [-0.39, 0.29) is 29.5 Å². The number of benzene rings is 1. The zero-order chi connectivity index (χ0) is 21.0. The zero-order valence-corrected chi connectivity index (χ0v) is 18.1. The van der Waals surface area contributed by atoms with Gasteiger partial charge in [0, 0.05) is 30.1 Å². The molecule has 1 aliphatic carbocycles. The Morgan fingerprint density at radius 3 is 2.66 bits per heavy atom. The van der Waals surface area contributed by atoms with E-state index in [9.17, 15) is 15.0 Å². The van der Waals surface area contributed by atoms with Crippen molar-refractivity contribution in [2.75, 3.05) is 13.1 Å². The topological polar surface area (TPSA) is 72.8 Å². The molecular formula is C24H36N2O3. The molecule has 3 rings (SSSR count). The van der Waals surface area contributed by atoms with E-state index in [4.69, 9.17) is 0 Å². The van der Waals surface area contributed by atoms with Gasteiger partial charge in [0.05, 0.1) is 6.04 Å². The van der Waals surface area contributed by atoms with Gasteiger partial charge in [0.15, 0.2) is 0 Å². The summed E-state index contributed by atoms with van der Waals surface area (Å²) in [5.74, 6) is 0.351. The van der Waals surface area contributed by atoms with Crippen molar-refractivity contribution in [3.63, 3.8) is 0 Å². The van der Waals surface area contributed by atoms with E-state index in [0.717, 1.165) is 75.6 Å². The molecule has 0 aromatic heterocycles. The van der Waals surface area contributed by atoms with Crippen LogP contribution in [0.1, 0.15) is 94.4 Å². The molecule has 160 valence electrons. The van der Waals surface area contributed by atoms with Gasteiger partial charge < -0.3 is 20.4 Å². The molecule has 5 nitrogen and oxygen atoms in total. The van der Waals surface area contributed by atoms with Gasteiger partial charge in [-0.05, 0) is 64.0 Å². The molecule has 1 aliphatic heterocycles. The lowest BCUT2D eigenvalue weighted by atomic mass is 9.82. The third-order valence-corrected chi connectivity index (χ3v) is 6.35. The van der Waals surface area contributed by atoms with E-state index in [1.807, 2.05) is 13.0 Å². The summed E-state index contributed by atoms with van der Waals surface area (Å²) < 4.78 is 0. The van der Waals surface area contributed by atoms with Crippen molar-refractivity contribution in [1.82, 2.24) is 10.2 Å². The van der Waals surface area contributed by atoms with Gasteiger partial charge in [0.25, 0.3) is 0 Å². The van der Waals surface area contributed by atoms with Crippen LogP contribution < -0.4 is 5.32 Å². The second-order valence-electron chi connectivity index (χ2n) is 8.71. The third kappa shape index (κ3) is 4.88. The minimum atomic E-state index is -0.312. The first-order chi connectivity index (χ1) is 13.9. The quantitative estimate of drug-likeness (QED) is 0.417. The molecular weight excluding hydrogens is 364 g/mol. The second kappa shape index (κ2) is 9.55. The van der Waals surface area contributed by atoms with Gasteiger partial charge in [0.2, 0.25) is 0 Å². The highest BCUT2D eigenvalue weighted by atomic mass is 16.3. The van der Waals surface area contributed by atoms with E-state index >= 15 is 0 Å². The van der Waals surface area contributed by atoms with Crippen molar-refractivity contribution in [1.29, 1.82) is 0 Å². The Balaban J connectivity index is 1.95. The molecule has 1 saturated heterocycles. The summed E-state index contributed by atoms with van der Waals surface area (Å²) in [4.78, 5) is 14.3. The second-order valence-corrected chi connectivity index (χ2v) is 8.71. The molecule has 1 aromatic rings. The average molecular weight is 401 g/mol. The van der Waals surface area contributed by atoms with Crippen LogP contribution in [-0.2, 0) is 6.42 Å². The molecule has 29 heavy (non-hydrogen) atoms. The van der Waals surface area contributed by atoms with Crippen LogP contribution in [0.25, 0.3) is 0 Å². The Hall–Kier alpha value is -2.17. The Morgan fingerprint density at radius 1 is 1.28 bits per heavy atom. The molecule has 5 heteroatoms. The predicted octanol–water partition coefficient (Wildman–Crippen LogP) is 5.52. The largest absolute Gasteiger partial charge is 0.507 e. The first-order valence-electron chi connectivity index (χ1n) is 11.2. The van der Waals surface area contributed by atoms with Gasteiger partial charge in [0.1, 0.15) is 11.5 Å². The number of phenols is 2. The predicted molar refractivity (Wildman–Crippen MR) is 116 cm³/mol. The third-order valence-electron chi connectivity index (χ3n) is 6.35. The van der Waals surface area contributed by atoms with Gasteiger partial charge in [-0.2, -0.15) is 0 Å². The lowest BCUT2D eigenvalue weighted by Gasteiger charge is -2.33. The van der Waals surface area contributed by atoms with E-state index in [0.29, 0.717) is 5.56 Å². The van der Waals surface area contributed by atoms with Crippen LogP contribution in [0.2, 0.25) is 0 Å². The molecule has 1 heterocycles. The minimum absolute atomic E-state index is 0.0190. The smallest absolute Gasteiger partial charge is 0.317 e. The van der Waals surface area contributed by atoms with Crippen LogP contribution in [0.5, 0.6) is 11.5 Å². The van der Waals surface area contributed by atoms with Crippen molar-refractivity contribution >= 4 is 6.03 Å². The van der Waals surface area contributed by atoms with Gasteiger partial charge >= 0.3 is 6.03 Å². The highest BCUT2D eigenvalue weighted by Crippen LogP contribution is 2.45. The maximum absolute atomic E-state index is 12.5. The number of nitrogens with zero attached hydrogens (tertiary/aromatic N) is 1. The lowest BCUT2D eigenvalue weighted by Crippen LogP contribution is -2.48. The molecule has 0 radical (unpaired) electrons. The SMILES string of the molecule is CCCCCc1cc(O)c(C2C=C(C)CCC2)c(O)c1C(C)NC(=O)N1CCC1. The number of rotatable bonds is 7. The number of carbonyl (C=O) groups is 1. The Kier molecular flexibility index (Phi) is 7.09. The van der Waals surface area contributed by atoms with E-state index < -0.39 is 0 Å². The number of urea groups is 1. The number of allylic oxidation sites excluding steroid dienone is 2. The molecule has 2 unspecified atom stereocenters. The Labute approximate surface area is 174 Å². The highest BCUT2D eigenvalue weighted by molar-refractivity contribution is 5.75. The molecule has 0 bridgehead atoms. The number of aromatic hydroxyl groups is 2. The number of unbranched alkanes of at least 4 members (excludes halogenated alkanes) is 2. The fraction of sp³-hybridized carbons (Fsp3) is 0.625. The molecule has 3 N–H and O–H groups in total. The van der Waals surface area contributed by atoms with Crippen LogP contribution in [-0.4, -0.2) is 34.2 Å². The standard InChI is InChI=1S/C24H36N2O3/c1-4-5-6-10-19-15-20(27)22(18-11-7-9-16(2)14-18)23(28)21(19)17(3)25-24(29)26-12-8-13-26/h14-15,17-18,27-28H,4-13H2,1-3H3,(H,25,29). The number of likely N-dealkylation sites (tertiary alicyclic amines) is 1. The summed E-state index contributed by atoms with van der Waals surface area (Å²) >= 11 is 0. The maximum atomic E-state index is 12.5. The summed E-state index contributed by atoms with van der Waals surface area (Å²) in [5, 5.41) is 25.1. The van der Waals surface area contributed by atoms with Crippen molar-refractivity contribution in [2.24, 2.45) is 0 Å². The molecule has 2 aliphatic rings. The Bertz CT molecular complexity index is 768. The number of hydrogen-bond acceptors (Lipinski definition) is 3. The van der Waals surface area contributed by atoms with Crippen molar-refractivity contribution in [3.8, 4) is 11.5 Å². The number of aryl methyl sites for hydroxylation is 1. The monoisotopic (exact) mass is 400 g/mol. The molecule has 1 aromatic carbocycles. The number of nitrogens with one attached hydrogen (secondary N) is 1. The van der Waals surface area contributed by atoms with E-state index in [1.165, 1.54) is 5.57 Å². The average Bonchev–Trinajstić information content (AvgIpc) is 2.60. The summed E-state index contributed by atoms with van der Waals surface area (Å²) in [5.41, 5.74) is 3.61. The van der Waals surface area contributed by atoms with Gasteiger partial charge in [-0.15, -0.1) is 0 Å². The van der Waals surface area contributed by atoms with Gasteiger partial charge in [-0.1, -0.05) is 31.4 Å². The summed E-state index contributed by atoms with van der Waals surface area (Å²) in [6, 6.07) is 1.43. The minimum Gasteiger partial charge on any atom is -0.507 e. The van der Waals surface area contributed by atoms with Crippen molar-refractivity contribution < 1.29 is 15.0 Å². The highest BCUT2D eigenvalue weighted by Gasteiger charge is 2.29. The number of phenolic OH excluding ortho intramolecular Hbond substituents is 2. The van der Waals surface area contributed by atoms with Crippen molar-refractivity contribution in [3.05, 3.63) is 34.4 Å². The number of carbonyl (C=O) groups excluding carboxylic acids is 1. The summed E-state index contributed by atoms with van der Waals surface area (Å²) in [6.45, 7) is 7.78. The maximum Gasteiger partial charge on any atom is 0.317 e. The first kappa shape index (κ1) is 21.5. The van der Waals surface area contributed by atoms with Crippen molar-refractivity contribution in [2.45, 2.75) is 84.1 Å². The fourth-order valence-corrected chi connectivity index (χ4v) is 4.57. The van der Waals surface area contributed by atoms with E-state index in [2.05, 4.69) is 25.2 Å². The molecule has 2 amide bonds. The molecule has 0 saturated carbocycles. The fourth-order valence-electron chi connectivity index (χ4n) is 4.57. The summed E-state index contributed by atoms with van der Waals surface area (Å²) in [7, 11) is 0. The van der Waals surface area contributed by atoms with Crippen LogP contribution in [0.4, 0.5) is 4.79 Å².